The van der Waals surface area contributed by atoms with Crippen molar-refractivity contribution in [3.63, 3.8) is 0 Å². The second-order valence-corrected chi connectivity index (χ2v) is 6.47. The molecule has 0 radical (unpaired) electrons. The van der Waals surface area contributed by atoms with Crippen LogP contribution in [0.4, 0.5) is 0 Å². The van der Waals surface area contributed by atoms with E-state index in [-0.39, 0.29) is 17.4 Å². The summed E-state index contributed by atoms with van der Waals surface area (Å²) in [4.78, 5) is 12.2. The SMILES string of the molecule is CCCC[C@H](N)C(=O)NC(c1ccccc1)C(C)(C)C. The number of hydrogen-bond acceptors (Lipinski definition) is 2. The third-order valence-corrected chi connectivity index (χ3v) is 3.49. The van der Waals surface area contributed by atoms with Gasteiger partial charge in [-0.25, -0.2) is 0 Å². The number of unbranched alkanes of at least 4 members (excludes halogenated alkanes) is 1. The molecule has 1 rings (SSSR count). The van der Waals surface area contributed by atoms with Crippen LogP contribution < -0.4 is 11.1 Å². The molecule has 3 nitrogen and oxygen atoms in total. The molecule has 0 aliphatic carbocycles. The van der Waals surface area contributed by atoms with Gasteiger partial charge in [-0.2, -0.15) is 0 Å². The van der Waals surface area contributed by atoms with Crippen LogP contribution in [0.25, 0.3) is 0 Å². The van der Waals surface area contributed by atoms with Crippen molar-refractivity contribution in [2.45, 2.75) is 59.0 Å². The van der Waals surface area contributed by atoms with Crippen LogP contribution in [-0.4, -0.2) is 11.9 Å². The quantitative estimate of drug-likeness (QED) is 0.836. The number of carbonyl (C=O) groups is 1. The smallest absolute Gasteiger partial charge is 0.237 e. The summed E-state index contributed by atoms with van der Waals surface area (Å²) < 4.78 is 0. The minimum Gasteiger partial charge on any atom is -0.347 e. The maximum absolute atomic E-state index is 12.2. The third-order valence-electron chi connectivity index (χ3n) is 3.49. The van der Waals surface area contributed by atoms with Crippen LogP contribution in [0.5, 0.6) is 0 Å². The summed E-state index contributed by atoms with van der Waals surface area (Å²) >= 11 is 0. The summed E-state index contributed by atoms with van der Waals surface area (Å²) in [6.07, 6.45) is 2.79. The minimum atomic E-state index is -0.413. The van der Waals surface area contributed by atoms with Crippen LogP contribution in [0, 0.1) is 5.41 Å². The molecular formula is C17H28N2O. The van der Waals surface area contributed by atoms with Crippen LogP contribution in [0.3, 0.4) is 0 Å². The van der Waals surface area contributed by atoms with Gasteiger partial charge in [0, 0.05) is 0 Å². The maximum atomic E-state index is 12.2. The summed E-state index contributed by atoms with van der Waals surface area (Å²) in [7, 11) is 0. The van der Waals surface area contributed by atoms with E-state index in [9.17, 15) is 4.79 Å². The van der Waals surface area contributed by atoms with Gasteiger partial charge in [0.2, 0.25) is 5.91 Å². The average Bonchev–Trinajstić information content (AvgIpc) is 2.41. The molecule has 0 saturated heterocycles. The second-order valence-electron chi connectivity index (χ2n) is 6.47. The highest BCUT2D eigenvalue weighted by molar-refractivity contribution is 5.81. The first-order chi connectivity index (χ1) is 9.36. The number of amides is 1. The highest BCUT2D eigenvalue weighted by atomic mass is 16.2. The first kappa shape index (κ1) is 16.7. The molecule has 0 saturated carbocycles. The number of benzene rings is 1. The first-order valence-electron chi connectivity index (χ1n) is 7.47. The Bertz CT molecular complexity index is 409. The Morgan fingerprint density at radius 3 is 2.35 bits per heavy atom. The lowest BCUT2D eigenvalue weighted by molar-refractivity contribution is -0.124. The summed E-state index contributed by atoms with van der Waals surface area (Å²) in [5, 5.41) is 3.12. The van der Waals surface area contributed by atoms with E-state index in [1.807, 2.05) is 30.3 Å². The lowest BCUT2D eigenvalue weighted by atomic mass is 9.82. The molecule has 0 fully saturated rings. The fraction of sp³-hybridized carbons (Fsp3) is 0.588. The van der Waals surface area contributed by atoms with Crippen LogP contribution in [-0.2, 0) is 4.79 Å². The molecule has 1 unspecified atom stereocenters. The lowest BCUT2D eigenvalue weighted by Gasteiger charge is -2.32. The van der Waals surface area contributed by atoms with Crippen LogP contribution in [0.1, 0.15) is 58.6 Å². The van der Waals surface area contributed by atoms with Gasteiger partial charge in [-0.05, 0) is 17.4 Å². The molecule has 0 aliphatic heterocycles. The highest BCUT2D eigenvalue weighted by Gasteiger charge is 2.29. The number of rotatable bonds is 6. The van der Waals surface area contributed by atoms with Crippen LogP contribution >= 0.6 is 0 Å². The average molecular weight is 276 g/mol. The zero-order valence-corrected chi connectivity index (χ0v) is 13.1. The van der Waals surface area contributed by atoms with Gasteiger partial charge < -0.3 is 11.1 Å². The van der Waals surface area contributed by atoms with Crippen LogP contribution in [0.15, 0.2) is 30.3 Å². The van der Waals surface area contributed by atoms with Crippen molar-refractivity contribution in [1.29, 1.82) is 0 Å². The summed E-state index contributed by atoms with van der Waals surface area (Å²) in [6, 6.07) is 9.64. The maximum Gasteiger partial charge on any atom is 0.237 e. The van der Waals surface area contributed by atoms with Gasteiger partial charge in [0.1, 0.15) is 0 Å². The largest absolute Gasteiger partial charge is 0.347 e. The van der Waals surface area contributed by atoms with Crippen molar-refractivity contribution >= 4 is 5.91 Å². The number of nitrogens with one attached hydrogen (secondary N) is 1. The zero-order chi connectivity index (χ0) is 15.2. The molecule has 112 valence electrons. The van der Waals surface area contributed by atoms with Gasteiger partial charge in [-0.1, -0.05) is 70.9 Å². The second kappa shape index (κ2) is 7.44. The first-order valence-corrected chi connectivity index (χ1v) is 7.47. The fourth-order valence-corrected chi connectivity index (χ4v) is 2.25. The Morgan fingerprint density at radius 1 is 1.25 bits per heavy atom. The topological polar surface area (TPSA) is 55.1 Å². The van der Waals surface area contributed by atoms with Crippen molar-refractivity contribution in [2.75, 3.05) is 0 Å². The van der Waals surface area contributed by atoms with Crippen LogP contribution in [0.2, 0.25) is 0 Å². The highest BCUT2D eigenvalue weighted by Crippen LogP contribution is 2.32. The predicted octanol–water partition coefficient (Wildman–Crippen LogP) is 3.41. The van der Waals surface area contributed by atoms with Crippen molar-refractivity contribution in [2.24, 2.45) is 11.1 Å². The Hall–Kier alpha value is -1.35. The summed E-state index contributed by atoms with van der Waals surface area (Å²) in [5.41, 5.74) is 7.03. The predicted molar refractivity (Wildman–Crippen MR) is 84.3 cm³/mol. The third kappa shape index (κ3) is 4.97. The van der Waals surface area contributed by atoms with Gasteiger partial charge in [-0.3, -0.25) is 4.79 Å². The van der Waals surface area contributed by atoms with E-state index in [2.05, 4.69) is 33.0 Å². The Morgan fingerprint density at radius 2 is 1.85 bits per heavy atom. The molecule has 0 aliphatic rings. The molecule has 0 bridgehead atoms. The van der Waals surface area contributed by atoms with E-state index >= 15 is 0 Å². The number of hydrogen-bond donors (Lipinski definition) is 2. The zero-order valence-electron chi connectivity index (χ0n) is 13.1. The standard InChI is InChI=1S/C17H28N2O/c1-5-6-12-14(18)16(20)19-15(17(2,3)4)13-10-8-7-9-11-13/h7-11,14-15H,5-6,12,18H2,1-4H3,(H,19,20)/t14-,15?/m0/s1. The normalized spacial score (nSPS) is 14.7. The summed E-state index contributed by atoms with van der Waals surface area (Å²) in [6.45, 7) is 8.49. The molecule has 1 aromatic rings. The van der Waals surface area contributed by atoms with Gasteiger partial charge in [-0.15, -0.1) is 0 Å². The molecular weight excluding hydrogens is 248 g/mol. The van der Waals surface area contributed by atoms with Crippen molar-refractivity contribution in [3.05, 3.63) is 35.9 Å². The summed E-state index contributed by atoms with van der Waals surface area (Å²) in [5.74, 6) is -0.0535. The van der Waals surface area contributed by atoms with E-state index in [1.165, 1.54) is 0 Å². The Labute approximate surface area is 122 Å². The molecule has 3 N–H and O–H groups in total. The van der Waals surface area contributed by atoms with Gasteiger partial charge in [0.15, 0.2) is 0 Å². The molecule has 1 aromatic carbocycles. The molecule has 2 atom stereocenters. The van der Waals surface area contributed by atoms with E-state index in [0.717, 1.165) is 24.8 Å². The van der Waals surface area contributed by atoms with Crippen molar-refractivity contribution < 1.29 is 4.79 Å². The number of carbonyl (C=O) groups excluding carboxylic acids is 1. The van der Waals surface area contributed by atoms with Gasteiger partial charge in [0.05, 0.1) is 12.1 Å². The monoisotopic (exact) mass is 276 g/mol. The van der Waals surface area contributed by atoms with Crippen molar-refractivity contribution in [1.82, 2.24) is 5.32 Å². The van der Waals surface area contributed by atoms with Crippen molar-refractivity contribution in [3.8, 4) is 0 Å². The van der Waals surface area contributed by atoms with E-state index < -0.39 is 6.04 Å². The van der Waals surface area contributed by atoms with E-state index in [1.54, 1.807) is 0 Å². The minimum absolute atomic E-state index is 0.0242. The molecule has 0 heterocycles. The fourth-order valence-electron chi connectivity index (χ4n) is 2.25. The lowest BCUT2D eigenvalue weighted by Crippen LogP contribution is -2.45. The molecule has 20 heavy (non-hydrogen) atoms. The molecule has 0 aromatic heterocycles. The van der Waals surface area contributed by atoms with E-state index in [4.69, 9.17) is 5.73 Å². The molecule has 0 spiro atoms. The molecule has 1 amide bonds. The van der Waals surface area contributed by atoms with Gasteiger partial charge >= 0.3 is 0 Å². The van der Waals surface area contributed by atoms with Gasteiger partial charge in [0.25, 0.3) is 0 Å². The Balaban J connectivity index is 2.79. The molecule has 3 heteroatoms. The van der Waals surface area contributed by atoms with E-state index in [0.29, 0.717) is 0 Å². The Kier molecular flexibility index (Phi) is 6.21. The number of nitrogens with two attached hydrogens (primary N) is 1.